The second-order valence-corrected chi connectivity index (χ2v) is 7.39. The van der Waals surface area contributed by atoms with E-state index in [1.165, 1.54) is 25.9 Å². The van der Waals surface area contributed by atoms with Gasteiger partial charge in [-0.25, -0.2) is 0 Å². The highest BCUT2D eigenvalue weighted by Crippen LogP contribution is 2.12. The fourth-order valence-corrected chi connectivity index (χ4v) is 2.94. The van der Waals surface area contributed by atoms with Crippen molar-refractivity contribution in [1.82, 2.24) is 15.5 Å². The quantitative estimate of drug-likeness (QED) is 0.595. The van der Waals surface area contributed by atoms with Gasteiger partial charge in [0.2, 0.25) is 0 Å². The first-order valence-electron chi connectivity index (χ1n) is 9.36. The van der Waals surface area contributed by atoms with Crippen molar-refractivity contribution in [2.45, 2.75) is 59.0 Å². The van der Waals surface area contributed by atoms with Crippen molar-refractivity contribution >= 4 is 5.96 Å². The van der Waals surface area contributed by atoms with Crippen molar-refractivity contribution in [2.24, 2.45) is 10.9 Å². The minimum atomic E-state index is 0.516. The summed E-state index contributed by atoms with van der Waals surface area (Å²) in [5.41, 5.74) is 0. The average Bonchev–Trinajstić information content (AvgIpc) is 3.06. The van der Waals surface area contributed by atoms with Crippen molar-refractivity contribution in [3.05, 3.63) is 24.2 Å². The fourth-order valence-electron chi connectivity index (χ4n) is 2.94. The van der Waals surface area contributed by atoms with Crippen LogP contribution in [0, 0.1) is 5.92 Å². The minimum Gasteiger partial charge on any atom is -0.469 e. The summed E-state index contributed by atoms with van der Waals surface area (Å²) >= 11 is 0. The monoisotopic (exact) mass is 334 g/mol. The fraction of sp³-hybridized carbons (Fsp3) is 0.737. The number of nitrogens with one attached hydrogen (secondary N) is 2. The molecule has 0 aliphatic carbocycles. The first-order valence-corrected chi connectivity index (χ1v) is 9.36. The molecule has 0 aromatic carbocycles. The summed E-state index contributed by atoms with van der Waals surface area (Å²) in [7, 11) is 0. The van der Waals surface area contributed by atoms with Gasteiger partial charge < -0.3 is 20.0 Å². The SMILES string of the molecule is CC(C)CN=C(NCCc1ccco1)NC1CCN(C(C)C)CC1. The van der Waals surface area contributed by atoms with Gasteiger partial charge in [0, 0.05) is 44.7 Å². The Morgan fingerprint density at radius 2 is 2.04 bits per heavy atom. The maximum atomic E-state index is 5.39. The van der Waals surface area contributed by atoms with Crippen LogP contribution < -0.4 is 10.6 Å². The molecule has 5 heteroatoms. The summed E-state index contributed by atoms with van der Waals surface area (Å²) in [5.74, 6) is 2.52. The molecule has 0 spiro atoms. The van der Waals surface area contributed by atoms with E-state index in [0.717, 1.165) is 31.2 Å². The van der Waals surface area contributed by atoms with E-state index in [0.29, 0.717) is 18.0 Å². The van der Waals surface area contributed by atoms with E-state index in [4.69, 9.17) is 9.41 Å². The molecule has 1 fully saturated rings. The van der Waals surface area contributed by atoms with Gasteiger partial charge in [-0.2, -0.15) is 0 Å². The second-order valence-electron chi connectivity index (χ2n) is 7.39. The van der Waals surface area contributed by atoms with Crippen molar-refractivity contribution in [1.29, 1.82) is 0 Å². The third-order valence-electron chi connectivity index (χ3n) is 4.46. The predicted molar refractivity (Wildman–Crippen MR) is 100 cm³/mol. The lowest BCUT2D eigenvalue weighted by molar-refractivity contribution is 0.167. The van der Waals surface area contributed by atoms with Crippen LogP contribution in [-0.4, -0.2) is 49.1 Å². The summed E-state index contributed by atoms with van der Waals surface area (Å²) < 4.78 is 5.39. The van der Waals surface area contributed by atoms with Crippen molar-refractivity contribution < 1.29 is 4.42 Å². The zero-order valence-electron chi connectivity index (χ0n) is 15.7. The predicted octanol–water partition coefficient (Wildman–Crippen LogP) is 2.89. The molecule has 136 valence electrons. The number of likely N-dealkylation sites (tertiary alicyclic amines) is 1. The Labute approximate surface area is 146 Å². The summed E-state index contributed by atoms with van der Waals surface area (Å²) in [5, 5.41) is 7.09. The smallest absolute Gasteiger partial charge is 0.191 e. The molecule has 0 atom stereocenters. The van der Waals surface area contributed by atoms with Gasteiger partial charge in [0.15, 0.2) is 5.96 Å². The first kappa shape index (κ1) is 18.8. The Bertz CT molecular complexity index is 474. The molecule has 0 saturated carbocycles. The Balaban J connectivity index is 1.81. The van der Waals surface area contributed by atoms with E-state index < -0.39 is 0 Å². The van der Waals surface area contributed by atoms with Crippen LogP contribution in [0.15, 0.2) is 27.8 Å². The summed E-state index contributed by atoms with van der Waals surface area (Å²) in [6, 6.07) is 5.11. The summed E-state index contributed by atoms with van der Waals surface area (Å²) in [4.78, 5) is 7.29. The first-order chi connectivity index (χ1) is 11.5. The van der Waals surface area contributed by atoms with Gasteiger partial charge in [-0.1, -0.05) is 13.8 Å². The van der Waals surface area contributed by atoms with Gasteiger partial charge in [-0.15, -0.1) is 0 Å². The number of hydrogen-bond donors (Lipinski definition) is 2. The number of guanidine groups is 1. The van der Waals surface area contributed by atoms with Gasteiger partial charge in [-0.3, -0.25) is 4.99 Å². The highest BCUT2D eigenvalue weighted by Gasteiger charge is 2.21. The molecule has 1 aliphatic rings. The van der Waals surface area contributed by atoms with E-state index in [9.17, 15) is 0 Å². The van der Waals surface area contributed by atoms with Crippen LogP contribution in [0.3, 0.4) is 0 Å². The Morgan fingerprint density at radius 3 is 2.62 bits per heavy atom. The van der Waals surface area contributed by atoms with Crippen LogP contribution in [0.25, 0.3) is 0 Å². The molecule has 2 rings (SSSR count). The Kier molecular flexibility index (Phi) is 7.63. The zero-order chi connectivity index (χ0) is 17.4. The largest absolute Gasteiger partial charge is 0.469 e. The molecule has 0 unspecified atom stereocenters. The molecule has 1 aliphatic heterocycles. The Morgan fingerprint density at radius 1 is 1.29 bits per heavy atom. The van der Waals surface area contributed by atoms with Crippen molar-refractivity contribution in [3.63, 3.8) is 0 Å². The zero-order valence-corrected chi connectivity index (χ0v) is 15.7. The number of hydrogen-bond acceptors (Lipinski definition) is 3. The molecular formula is C19H34N4O. The molecule has 2 N–H and O–H groups in total. The molecule has 0 amide bonds. The average molecular weight is 335 g/mol. The van der Waals surface area contributed by atoms with Crippen molar-refractivity contribution in [2.75, 3.05) is 26.2 Å². The number of piperidine rings is 1. The van der Waals surface area contributed by atoms with Crippen LogP contribution in [0.1, 0.15) is 46.3 Å². The molecule has 5 nitrogen and oxygen atoms in total. The molecule has 0 bridgehead atoms. The Hall–Kier alpha value is -1.49. The van der Waals surface area contributed by atoms with Crippen LogP contribution in [0.2, 0.25) is 0 Å². The third kappa shape index (κ3) is 6.56. The van der Waals surface area contributed by atoms with Crippen LogP contribution in [0.5, 0.6) is 0 Å². The van der Waals surface area contributed by atoms with E-state index in [1.54, 1.807) is 6.26 Å². The normalized spacial score (nSPS) is 17.7. The van der Waals surface area contributed by atoms with E-state index in [1.807, 2.05) is 12.1 Å². The van der Waals surface area contributed by atoms with Gasteiger partial charge in [-0.05, 0) is 44.7 Å². The van der Waals surface area contributed by atoms with Crippen LogP contribution in [0.4, 0.5) is 0 Å². The summed E-state index contributed by atoms with van der Waals surface area (Å²) in [6.07, 6.45) is 4.96. The summed E-state index contributed by atoms with van der Waals surface area (Å²) in [6.45, 7) is 13.0. The highest BCUT2D eigenvalue weighted by atomic mass is 16.3. The molecule has 1 aromatic heterocycles. The van der Waals surface area contributed by atoms with E-state index in [-0.39, 0.29) is 0 Å². The second kappa shape index (κ2) is 9.72. The van der Waals surface area contributed by atoms with Gasteiger partial charge in [0.05, 0.1) is 6.26 Å². The van der Waals surface area contributed by atoms with Crippen LogP contribution >= 0.6 is 0 Å². The highest BCUT2D eigenvalue weighted by molar-refractivity contribution is 5.80. The van der Waals surface area contributed by atoms with Crippen LogP contribution in [-0.2, 0) is 6.42 Å². The minimum absolute atomic E-state index is 0.516. The van der Waals surface area contributed by atoms with Gasteiger partial charge in [0.25, 0.3) is 0 Å². The number of aliphatic imine (C=N–C) groups is 1. The molecule has 24 heavy (non-hydrogen) atoms. The maximum Gasteiger partial charge on any atom is 0.191 e. The molecule has 2 heterocycles. The lowest BCUT2D eigenvalue weighted by Gasteiger charge is -2.35. The molecule has 1 aromatic rings. The van der Waals surface area contributed by atoms with Gasteiger partial charge in [0.1, 0.15) is 5.76 Å². The standard InChI is InChI=1S/C19H34N4O/c1-15(2)14-21-19(20-10-7-18-6-5-13-24-18)22-17-8-11-23(12-9-17)16(3)4/h5-6,13,15-17H,7-12,14H2,1-4H3,(H2,20,21,22). The lowest BCUT2D eigenvalue weighted by atomic mass is 10.0. The number of rotatable bonds is 7. The maximum absolute atomic E-state index is 5.39. The van der Waals surface area contributed by atoms with E-state index in [2.05, 4.69) is 43.2 Å². The third-order valence-corrected chi connectivity index (χ3v) is 4.46. The number of furan rings is 1. The topological polar surface area (TPSA) is 52.8 Å². The molecule has 1 saturated heterocycles. The lowest BCUT2D eigenvalue weighted by Crippen LogP contribution is -2.50. The van der Waals surface area contributed by atoms with Gasteiger partial charge >= 0.3 is 0 Å². The van der Waals surface area contributed by atoms with E-state index >= 15 is 0 Å². The number of nitrogens with zero attached hydrogens (tertiary/aromatic N) is 2. The molecular weight excluding hydrogens is 300 g/mol. The van der Waals surface area contributed by atoms with Crippen molar-refractivity contribution in [3.8, 4) is 0 Å². The molecule has 0 radical (unpaired) electrons.